The fraction of sp³-hybridized carbons (Fsp3) is 0.125. The highest BCUT2D eigenvalue weighted by molar-refractivity contribution is 7.98. The Kier molecular flexibility index (Phi) is 7.09. The number of hydrogen-bond acceptors (Lipinski definition) is 4. The van der Waals surface area contributed by atoms with E-state index in [0.29, 0.717) is 10.8 Å². The number of amides is 2. The van der Waals surface area contributed by atoms with Crippen LogP contribution in [0.25, 0.3) is 5.69 Å². The van der Waals surface area contributed by atoms with Crippen molar-refractivity contribution in [2.75, 3.05) is 5.32 Å². The van der Waals surface area contributed by atoms with Crippen LogP contribution in [0.3, 0.4) is 0 Å². The van der Waals surface area contributed by atoms with E-state index in [4.69, 9.17) is 11.6 Å². The molecule has 162 valence electrons. The average Bonchev–Trinajstić information content (AvgIpc) is 3.22. The van der Waals surface area contributed by atoms with E-state index in [0.717, 1.165) is 27.8 Å². The quantitative estimate of drug-likeness (QED) is 0.337. The molecule has 8 heteroatoms. The van der Waals surface area contributed by atoms with Gasteiger partial charge in [-0.2, -0.15) is 0 Å². The highest BCUT2D eigenvalue weighted by atomic mass is 35.5. The summed E-state index contributed by atoms with van der Waals surface area (Å²) in [5.74, 6) is 1.37. The second-order valence-corrected chi connectivity index (χ2v) is 8.49. The number of thioether (sulfide) groups is 1. The summed E-state index contributed by atoms with van der Waals surface area (Å²) in [6.07, 6.45) is 0. The third-order valence-electron chi connectivity index (χ3n) is 4.76. The van der Waals surface area contributed by atoms with E-state index in [1.54, 1.807) is 11.8 Å². The predicted molar refractivity (Wildman–Crippen MR) is 129 cm³/mol. The maximum Gasteiger partial charge on any atom is 0.319 e. The molecule has 0 aliphatic heterocycles. The number of nitrogens with one attached hydrogen (secondary N) is 2. The number of para-hydroxylation sites is 1. The molecule has 0 aliphatic rings. The van der Waals surface area contributed by atoms with Crippen molar-refractivity contribution in [2.45, 2.75) is 24.4 Å². The Morgan fingerprint density at radius 1 is 1.00 bits per heavy atom. The molecule has 1 aromatic heterocycles. The normalized spacial score (nSPS) is 10.7. The summed E-state index contributed by atoms with van der Waals surface area (Å²) in [5, 5.41) is 15.8. The monoisotopic (exact) mass is 463 g/mol. The smallest absolute Gasteiger partial charge is 0.319 e. The number of aromatic nitrogens is 3. The third kappa shape index (κ3) is 5.49. The molecule has 0 spiro atoms. The van der Waals surface area contributed by atoms with Gasteiger partial charge in [0.05, 0.1) is 12.2 Å². The van der Waals surface area contributed by atoms with Crippen LogP contribution in [0.5, 0.6) is 0 Å². The summed E-state index contributed by atoms with van der Waals surface area (Å²) in [5.41, 5.74) is 3.83. The summed E-state index contributed by atoms with van der Waals surface area (Å²) in [4.78, 5) is 12.4. The summed E-state index contributed by atoms with van der Waals surface area (Å²) < 4.78 is 1.96. The van der Waals surface area contributed by atoms with Gasteiger partial charge in [-0.3, -0.25) is 4.57 Å². The molecule has 0 aliphatic carbocycles. The molecule has 1 heterocycles. The Balaban J connectivity index is 1.56. The first kappa shape index (κ1) is 21.9. The van der Waals surface area contributed by atoms with Crippen molar-refractivity contribution in [3.8, 4) is 5.69 Å². The van der Waals surface area contributed by atoms with E-state index in [1.165, 1.54) is 5.56 Å². The number of urea groups is 1. The van der Waals surface area contributed by atoms with E-state index in [1.807, 2.05) is 78.2 Å². The molecule has 4 rings (SSSR count). The SMILES string of the molecule is Cc1ccc(Cl)cc1-n1c(CNC(=O)Nc2ccccc2)nnc1SCc1ccccc1. The zero-order chi connectivity index (χ0) is 22.3. The van der Waals surface area contributed by atoms with Crippen molar-refractivity contribution >= 4 is 35.1 Å². The Labute approximate surface area is 196 Å². The molecule has 0 saturated heterocycles. The minimum Gasteiger partial charge on any atom is -0.331 e. The second-order valence-electron chi connectivity index (χ2n) is 7.11. The van der Waals surface area contributed by atoms with Crippen molar-refractivity contribution in [3.05, 3.63) is 101 Å². The minimum atomic E-state index is -0.313. The molecule has 0 bridgehead atoms. The number of halogens is 1. The molecule has 4 aromatic rings. The van der Waals surface area contributed by atoms with Crippen molar-refractivity contribution in [2.24, 2.45) is 0 Å². The molecular formula is C24H22ClN5OS. The van der Waals surface area contributed by atoms with Crippen molar-refractivity contribution in [3.63, 3.8) is 0 Å². The Bertz CT molecular complexity index is 1200. The number of hydrogen-bond donors (Lipinski definition) is 2. The number of carbonyl (C=O) groups excluding carboxylic acids is 1. The van der Waals surface area contributed by atoms with Crippen LogP contribution in [-0.2, 0) is 12.3 Å². The highest BCUT2D eigenvalue weighted by Crippen LogP contribution is 2.28. The van der Waals surface area contributed by atoms with Gasteiger partial charge in [-0.1, -0.05) is 78.0 Å². The van der Waals surface area contributed by atoms with E-state index < -0.39 is 0 Å². The lowest BCUT2D eigenvalue weighted by atomic mass is 10.2. The van der Waals surface area contributed by atoms with Crippen molar-refractivity contribution in [1.29, 1.82) is 0 Å². The Morgan fingerprint density at radius 3 is 2.47 bits per heavy atom. The zero-order valence-corrected chi connectivity index (χ0v) is 19.0. The van der Waals surface area contributed by atoms with Gasteiger partial charge >= 0.3 is 6.03 Å². The maximum atomic E-state index is 12.4. The minimum absolute atomic E-state index is 0.212. The molecule has 6 nitrogen and oxygen atoms in total. The van der Waals surface area contributed by atoms with Gasteiger partial charge in [-0.25, -0.2) is 4.79 Å². The first-order chi connectivity index (χ1) is 15.6. The van der Waals surface area contributed by atoms with Gasteiger partial charge in [-0.15, -0.1) is 10.2 Å². The lowest BCUT2D eigenvalue weighted by Gasteiger charge is -2.14. The summed E-state index contributed by atoms with van der Waals surface area (Å²) in [7, 11) is 0. The van der Waals surface area contributed by atoms with E-state index in [2.05, 4.69) is 33.0 Å². The van der Waals surface area contributed by atoms with Crippen LogP contribution >= 0.6 is 23.4 Å². The topological polar surface area (TPSA) is 71.8 Å². The number of rotatable bonds is 7. The summed E-state index contributed by atoms with van der Waals surface area (Å²) in [6, 6.07) is 24.9. The number of anilines is 1. The fourth-order valence-corrected chi connectivity index (χ4v) is 4.24. The molecule has 0 fully saturated rings. The molecule has 3 aromatic carbocycles. The lowest BCUT2D eigenvalue weighted by Crippen LogP contribution is -2.29. The molecule has 0 unspecified atom stereocenters. The number of nitrogens with zero attached hydrogens (tertiary/aromatic N) is 3. The average molecular weight is 464 g/mol. The zero-order valence-electron chi connectivity index (χ0n) is 17.5. The van der Waals surface area contributed by atoms with Gasteiger partial charge in [0.25, 0.3) is 0 Å². The van der Waals surface area contributed by atoms with E-state index in [9.17, 15) is 4.79 Å². The van der Waals surface area contributed by atoms with Crippen LogP contribution in [0, 0.1) is 6.92 Å². The molecule has 2 N–H and O–H groups in total. The molecule has 0 saturated carbocycles. The first-order valence-electron chi connectivity index (χ1n) is 10.1. The van der Waals surface area contributed by atoms with E-state index in [-0.39, 0.29) is 12.6 Å². The molecular weight excluding hydrogens is 442 g/mol. The number of aryl methyl sites for hydroxylation is 1. The van der Waals surface area contributed by atoms with Crippen LogP contribution in [-0.4, -0.2) is 20.8 Å². The standard InChI is InChI=1S/C24H22ClN5OS/c1-17-12-13-19(25)14-21(17)30-22(15-26-23(31)27-20-10-6-3-7-11-20)28-29-24(30)32-16-18-8-4-2-5-9-18/h2-14H,15-16H2,1H3,(H2,26,27,31). The van der Waals surface area contributed by atoms with Gasteiger partial charge in [0.15, 0.2) is 11.0 Å². The highest BCUT2D eigenvalue weighted by Gasteiger charge is 2.17. The summed E-state index contributed by atoms with van der Waals surface area (Å²) >= 11 is 7.87. The van der Waals surface area contributed by atoms with Gasteiger partial charge in [0.2, 0.25) is 0 Å². The van der Waals surface area contributed by atoms with Crippen LogP contribution in [0.4, 0.5) is 10.5 Å². The van der Waals surface area contributed by atoms with Crippen LogP contribution in [0.1, 0.15) is 17.0 Å². The summed E-state index contributed by atoms with van der Waals surface area (Å²) in [6.45, 7) is 2.22. The largest absolute Gasteiger partial charge is 0.331 e. The van der Waals surface area contributed by atoms with Crippen molar-refractivity contribution in [1.82, 2.24) is 20.1 Å². The van der Waals surface area contributed by atoms with Crippen molar-refractivity contribution < 1.29 is 4.79 Å². The lowest BCUT2D eigenvalue weighted by molar-refractivity contribution is 0.251. The maximum absolute atomic E-state index is 12.4. The molecule has 32 heavy (non-hydrogen) atoms. The van der Waals surface area contributed by atoms with Gasteiger partial charge in [0.1, 0.15) is 0 Å². The molecule has 0 atom stereocenters. The van der Waals surface area contributed by atoms with Crippen LogP contribution < -0.4 is 10.6 Å². The third-order valence-corrected chi connectivity index (χ3v) is 6.00. The fourth-order valence-electron chi connectivity index (χ4n) is 3.15. The first-order valence-corrected chi connectivity index (χ1v) is 11.4. The molecule has 2 amide bonds. The van der Waals surface area contributed by atoms with E-state index >= 15 is 0 Å². The van der Waals surface area contributed by atoms with Gasteiger partial charge < -0.3 is 10.6 Å². The van der Waals surface area contributed by atoms with Crippen LogP contribution in [0.15, 0.2) is 84.0 Å². The second kappa shape index (κ2) is 10.3. The number of carbonyl (C=O) groups is 1. The van der Waals surface area contributed by atoms with Gasteiger partial charge in [0, 0.05) is 16.5 Å². The Morgan fingerprint density at radius 2 is 1.72 bits per heavy atom. The Hall–Kier alpha value is -3.29. The van der Waals surface area contributed by atoms with Crippen LogP contribution in [0.2, 0.25) is 5.02 Å². The number of benzene rings is 3. The molecule has 0 radical (unpaired) electrons. The predicted octanol–water partition coefficient (Wildman–Crippen LogP) is 5.84. The van der Waals surface area contributed by atoms with Gasteiger partial charge in [-0.05, 0) is 42.3 Å².